The predicted octanol–water partition coefficient (Wildman–Crippen LogP) is 0.354. The van der Waals surface area contributed by atoms with Crippen molar-refractivity contribution in [3.63, 3.8) is 0 Å². The number of β-amino-alcohol motifs (C(OH)–C–C–N with tert-alkyl or cyclic N) is 1. The third-order valence-corrected chi connectivity index (χ3v) is 10.2. The number of aryl methyl sites for hydroxylation is 2. The van der Waals surface area contributed by atoms with Crippen molar-refractivity contribution >= 4 is 11.8 Å². The lowest BCUT2D eigenvalue weighted by Crippen LogP contribution is -2.70. The maximum Gasteiger partial charge on any atom is 0.242 e. The molecule has 2 unspecified atom stereocenters. The monoisotopic (exact) mass is 669 g/mol. The van der Waals surface area contributed by atoms with Crippen LogP contribution in [0.5, 0.6) is 0 Å². The first kappa shape index (κ1) is 36.3. The molecule has 2 aromatic rings. The average Bonchev–Trinajstić information content (AvgIpc) is 3.63. The first-order chi connectivity index (χ1) is 22.6. The Kier molecular flexibility index (Phi) is 10.7. The van der Waals surface area contributed by atoms with Gasteiger partial charge in [0.25, 0.3) is 0 Å². The highest BCUT2D eigenvalue weighted by Gasteiger charge is 2.71. The number of hydrogen-bond donors (Lipinski definition) is 6. The van der Waals surface area contributed by atoms with Crippen LogP contribution in [0.1, 0.15) is 60.9 Å². The Balaban J connectivity index is 1.20. The number of hydrogen-bond acceptors (Lipinski definition) is 10. The largest absolute Gasteiger partial charge is 0.391 e. The molecule has 2 aromatic carbocycles. The van der Waals surface area contributed by atoms with Gasteiger partial charge in [-0.3, -0.25) is 9.59 Å². The first-order valence-electron chi connectivity index (χ1n) is 16.8. The van der Waals surface area contributed by atoms with Crippen LogP contribution in [0.3, 0.4) is 0 Å². The number of fused-ring (bicyclic) bond motifs is 2. The lowest BCUT2D eigenvalue weighted by molar-refractivity contribution is -0.348. The van der Waals surface area contributed by atoms with Crippen molar-refractivity contribution in [2.45, 2.75) is 100 Å². The molecule has 12 nitrogen and oxygen atoms in total. The molecule has 48 heavy (non-hydrogen) atoms. The van der Waals surface area contributed by atoms with Gasteiger partial charge in [0.05, 0.1) is 18.3 Å². The molecule has 3 saturated heterocycles. The standard InChI is InChI=1S/C36H51N3O9/c1-22-9-14-26(36-32(44)30(42)31(43)35(48-36,21-47-36)34(2,3)46)18-25(22)17-24-12-10-23(11-13-24)7-6-8-29(41)39-20-27(40)19-28(39)33(45)37-15-16-38(4)5/h9-14,18,27-28,30-32,40,42-44,46H,6-8,15-17,19-21H2,1-5H3,(H,37,45)/t27?,28?,30-,31-,32+,35-,36-/m0/s1. The Morgan fingerprint density at radius 3 is 2.40 bits per heavy atom. The molecule has 2 bridgehead atoms. The summed E-state index contributed by atoms with van der Waals surface area (Å²) < 4.78 is 12.2. The van der Waals surface area contributed by atoms with Gasteiger partial charge in [0.1, 0.15) is 24.4 Å². The number of rotatable bonds is 12. The van der Waals surface area contributed by atoms with Gasteiger partial charge in [-0.25, -0.2) is 0 Å². The third-order valence-electron chi connectivity index (χ3n) is 10.2. The molecule has 0 aromatic heterocycles. The van der Waals surface area contributed by atoms with E-state index in [1.54, 1.807) is 6.07 Å². The third kappa shape index (κ3) is 7.03. The van der Waals surface area contributed by atoms with Crippen LogP contribution in [-0.2, 0) is 37.7 Å². The predicted molar refractivity (Wildman–Crippen MR) is 177 cm³/mol. The fraction of sp³-hybridized carbons (Fsp3) is 0.611. The Morgan fingerprint density at radius 2 is 1.73 bits per heavy atom. The molecule has 2 amide bonds. The smallest absolute Gasteiger partial charge is 0.242 e. The van der Waals surface area contributed by atoms with Crippen molar-refractivity contribution in [2.75, 3.05) is 40.3 Å². The van der Waals surface area contributed by atoms with Crippen LogP contribution in [-0.4, -0.2) is 129 Å². The number of nitrogens with zero attached hydrogens (tertiary/aromatic N) is 2. The van der Waals surface area contributed by atoms with E-state index >= 15 is 0 Å². The molecular formula is C36H51N3O9. The highest BCUT2D eigenvalue weighted by Crippen LogP contribution is 2.53. The molecule has 264 valence electrons. The van der Waals surface area contributed by atoms with Crippen molar-refractivity contribution in [2.24, 2.45) is 0 Å². The normalized spacial score (nSPS) is 30.2. The summed E-state index contributed by atoms with van der Waals surface area (Å²) in [5.74, 6) is -2.12. The number of likely N-dealkylation sites (tertiary alicyclic amines) is 1. The number of carbonyl (C=O) groups is 2. The van der Waals surface area contributed by atoms with Crippen LogP contribution >= 0.6 is 0 Å². The minimum atomic E-state index is -1.76. The number of benzene rings is 2. The fourth-order valence-corrected chi connectivity index (χ4v) is 7.05. The maximum atomic E-state index is 13.0. The van der Waals surface area contributed by atoms with E-state index in [2.05, 4.69) is 5.32 Å². The molecule has 12 heteroatoms. The average molecular weight is 670 g/mol. The maximum absolute atomic E-state index is 13.0. The van der Waals surface area contributed by atoms with E-state index in [0.29, 0.717) is 37.9 Å². The number of ether oxygens (including phenoxy) is 2. The molecule has 3 heterocycles. The minimum absolute atomic E-state index is 0.133. The Labute approximate surface area is 282 Å². The van der Waals surface area contributed by atoms with Crippen LogP contribution in [0.4, 0.5) is 0 Å². The zero-order valence-electron chi connectivity index (χ0n) is 28.6. The summed E-state index contributed by atoms with van der Waals surface area (Å²) >= 11 is 0. The highest BCUT2D eigenvalue weighted by molar-refractivity contribution is 5.88. The minimum Gasteiger partial charge on any atom is -0.391 e. The van der Waals surface area contributed by atoms with E-state index in [9.17, 15) is 35.1 Å². The van der Waals surface area contributed by atoms with Crippen molar-refractivity contribution < 1.29 is 44.6 Å². The van der Waals surface area contributed by atoms with E-state index in [-0.39, 0.29) is 37.8 Å². The van der Waals surface area contributed by atoms with Gasteiger partial charge in [0.15, 0.2) is 5.60 Å². The second-order valence-corrected chi connectivity index (χ2v) is 14.4. The quantitative estimate of drug-likeness (QED) is 0.185. The summed E-state index contributed by atoms with van der Waals surface area (Å²) in [6, 6.07) is 13.0. The van der Waals surface area contributed by atoms with Crippen molar-refractivity contribution in [1.82, 2.24) is 15.1 Å². The van der Waals surface area contributed by atoms with Crippen LogP contribution in [0.25, 0.3) is 0 Å². The molecule has 7 atom stereocenters. The number of aliphatic hydroxyl groups is 5. The number of carbonyl (C=O) groups excluding carboxylic acids is 2. The van der Waals surface area contributed by atoms with Crippen LogP contribution in [0.2, 0.25) is 0 Å². The molecule has 3 aliphatic rings. The Bertz CT molecular complexity index is 1460. The van der Waals surface area contributed by atoms with Gasteiger partial charge < -0.3 is 50.1 Å². The molecule has 0 radical (unpaired) electrons. The summed E-state index contributed by atoms with van der Waals surface area (Å²) in [7, 11) is 3.84. The summed E-state index contributed by atoms with van der Waals surface area (Å²) in [6.07, 6.45) is -3.05. The molecule has 6 N–H and O–H groups in total. The summed E-state index contributed by atoms with van der Waals surface area (Å²) in [6.45, 7) is 6.06. The van der Waals surface area contributed by atoms with Crippen LogP contribution in [0, 0.1) is 6.92 Å². The number of amides is 2. The van der Waals surface area contributed by atoms with E-state index in [1.807, 2.05) is 62.3 Å². The number of aliphatic hydroxyl groups excluding tert-OH is 4. The molecule has 0 aliphatic carbocycles. The SMILES string of the molecule is Cc1ccc([C@]23OC[C@](C(C)(C)O)(O2)[C@@H](O)[C@H](O)[C@H]3O)cc1Cc1ccc(CCCC(=O)N2CC(O)CC2C(=O)NCCN(C)C)cc1. The van der Waals surface area contributed by atoms with Gasteiger partial charge >= 0.3 is 0 Å². The van der Waals surface area contributed by atoms with Gasteiger partial charge in [-0.1, -0.05) is 36.4 Å². The lowest BCUT2D eigenvalue weighted by atomic mass is 9.75. The molecule has 0 spiro atoms. The van der Waals surface area contributed by atoms with Crippen molar-refractivity contribution in [1.29, 1.82) is 0 Å². The van der Waals surface area contributed by atoms with Gasteiger partial charge in [-0.15, -0.1) is 0 Å². The summed E-state index contributed by atoms with van der Waals surface area (Å²) in [4.78, 5) is 29.2. The second kappa shape index (κ2) is 14.1. The number of likely N-dealkylation sites (N-methyl/N-ethyl adjacent to an activating group) is 1. The molecule has 0 saturated carbocycles. The molecule has 5 rings (SSSR count). The molecule has 3 aliphatic heterocycles. The van der Waals surface area contributed by atoms with E-state index in [0.717, 1.165) is 22.3 Å². The van der Waals surface area contributed by atoms with Gasteiger partial charge in [-0.05, 0) is 82.4 Å². The Hall–Kier alpha value is -2.94. The summed E-state index contributed by atoms with van der Waals surface area (Å²) in [5.41, 5.74) is 1.35. The first-order valence-corrected chi connectivity index (χ1v) is 16.8. The molecule has 3 fully saturated rings. The van der Waals surface area contributed by atoms with Crippen LogP contribution < -0.4 is 5.32 Å². The fourth-order valence-electron chi connectivity index (χ4n) is 7.05. The number of nitrogens with one attached hydrogen (secondary N) is 1. The molecular weight excluding hydrogens is 618 g/mol. The van der Waals surface area contributed by atoms with Crippen LogP contribution in [0.15, 0.2) is 42.5 Å². The summed E-state index contributed by atoms with van der Waals surface area (Å²) in [5, 5.41) is 56.6. The van der Waals surface area contributed by atoms with Crippen molar-refractivity contribution in [3.05, 3.63) is 70.3 Å². The van der Waals surface area contributed by atoms with E-state index < -0.39 is 47.4 Å². The lowest BCUT2D eigenvalue weighted by Gasteiger charge is -2.50. The zero-order valence-corrected chi connectivity index (χ0v) is 28.6. The Morgan fingerprint density at radius 1 is 1.04 bits per heavy atom. The topological polar surface area (TPSA) is 172 Å². The van der Waals surface area contributed by atoms with Gasteiger partial charge in [-0.2, -0.15) is 0 Å². The van der Waals surface area contributed by atoms with Gasteiger partial charge in [0, 0.05) is 38.0 Å². The van der Waals surface area contributed by atoms with E-state index in [1.165, 1.54) is 18.7 Å². The second-order valence-electron chi connectivity index (χ2n) is 14.4. The highest BCUT2D eigenvalue weighted by atomic mass is 16.8. The zero-order chi connectivity index (χ0) is 35.0. The van der Waals surface area contributed by atoms with Crippen molar-refractivity contribution in [3.8, 4) is 0 Å². The van der Waals surface area contributed by atoms with Gasteiger partial charge in [0.2, 0.25) is 17.6 Å². The van der Waals surface area contributed by atoms with E-state index in [4.69, 9.17) is 9.47 Å².